The van der Waals surface area contributed by atoms with Crippen LogP contribution in [-0.2, 0) is 0 Å². The minimum atomic E-state index is -0.0221. The van der Waals surface area contributed by atoms with Crippen LogP contribution in [0.2, 0.25) is 0 Å². The van der Waals surface area contributed by atoms with E-state index >= 15 is 0 Å². The zero-order valence-corrected chi connectivity index (χ0v) is 12.7. The normalized spacial score (nSPS) is 15.7. The van der Waals surface area contributed by atoms with Gasteiger partial charge in [0.05, 0.1) is 0 Å². The van der Waals surface area contributed by atoms with E-state index in [2.05, 4.69) is 21.2 Å². The minimum absolute atomic E-state index is 0. The summed E-state index contributed by atoms with van der Waals surface area (Å²) in [5, 5.41) is 3.03. The van der Waals surface area contributed by atoms with E-state index in [4.69, 9.17) is 5.73 Å². The van der Waals surface area contributed by atoms with Gasteiger partial charge < -0.3 is 11.1 Å². The molecule has 1 aliphatic rings. The van der Waals surface area contributed by atoms with Crippen LogP contribution in [0, 0.1) is 12.8 Å². The lowest BCUT2D eigenvalue weighted by Gasteiger charge is -2.17. The Morgan fingerprint density at radius 1 is 1.56 bits per heavy atom. The molecule has 0 aromatic heterocycles. The molecule has 1 saturated carbocycles. The number of aryl methyl sites for hydroxylation is 1. The molecule has 3 N–H and O–H groups in total. The Morgan fingerprint density at radius 3 is 2.78 bits per heavy atom. The molecule has 3 nitrogen and oxygen atoms in total. The fraction of sp³-hybridized carbons (Fsp3) is 0.462. The molecule has 1 unspecified atom stereocenters. The van der Waals surface area contributed by atoms with Crippen molar-refractivity contribution in [2.24, 2.45) is 11.7 Å². The lowest BCUT2D eigenvalue weighted by molar-refractivity contribution is 0.0933. The maximum Gasteiger partial charge on any atom is 0.251 e. The van der Waals surface area contributed by atoms with Crippen LogP contribution in [0.5, 0.6) is 0 Å². The summed E-state index contributed by atoms with van der Waals surface area (Å²) in [4.78, 5) is 12.1. The average Bonchev–Trinajstić information content (AvgIpc) is 3.13. The highest BCUT2D eigenvalue weighted by Crippen LogP contribution is 2.32. The molecule has 0 bridgehead atoms. The second-order valence-corrected chi connectivity index (χ2v) is 5.53. The Balaban J connectivity index is 0.00000162. The number of hydrogen-bond donors (Lipinski definition) is 2. The molecule has 1 aliphatic carbocycles. The third-order valence-corrected chi connectivity index (χ3v) is 3.70. The van der Waals surface area contributed by atoms with Gasteiger partial charge in [-0.25, -0.2) is 0 Å². The number of amides is 1. The SMILES string of the molecule is Cc1ccc(Br)cc1C(=O)NC(CN)C1CC1.Cl. The number of nitrogens with two attached hydrogens (primary N) is 1. The molecule has 1 aromatic rings. The first kappa shape index (κ1) is 15.5. The second-order valence-electron chi connectivity index (χ2n) is 4.61. The number of halogens is 2. The van der Waals surface area contributed by atoms with Gasteiger partial charge in [0.1, 0.15) is 0 Å². The summed E-state index contributed by atoms with van der Waals surface area (Å²) in [5.74, 6) is 0.558. The third-order valence-electron chi connectivity index (χ3n) is 3.21. The van der Waals surface area contributed by atoms with Crippen molar-refractivity contribution in [2.75, 3.05) is 6.54 Å². The maximum atomic E-state index is 12.1. The summed E-state index contributed by atoms with van der Waals surface area (Å²) in [6.07, 6.45) is 2.36. The molecule has 0 aliphatic heterocycles. The molecule has 0 spiro atoms. The van der Waals surface area contributed by atoms with E-state index in [0.717, 1.165) is 15.6 Å². The van der Waals surface area contributed by atoms with Crippen molar-refractivity contribution in [1.29, 1.82) is 0 Å². The minimum Gasteiger partial charge on any atom is -0.348 e. The van der Waals surface area contributed by atoms with Crippen molar-refractivity contribution >= 4 is 34.2 Å². The topological polar surface area (TPSA) is 55.1 Å². The van der Waals surface area contributed by atoms with E-state index in [9.17, 15) is 4.79 Å². The van der Waals surface area contributed by atoms with Crippen molar-refractivity contribution in [3.63, 3.8) is 0 Å². The first-order valence-electron chi connectivity index (χ1n) is 5.89. The van der Waals surface area contributed by atoms with Crippen molar-refractivity contribution in [2.45, 2.75) is 25.8 Å². The van der Waals surface area contributed by atoms with Gasteiger partial charge in [-0.05, 0) is 43.4 Å². The third kappa shape index (κ3) is 3.70. The molecular weight excluding hydrogens is 316 g/mol. The highest BCUT2D eigenvalue weighted by molar-refractivity contribution is 9.10. The molecule has 5 heteroatoms. The van der Waals surface area contributed by atoms with E-state index in [1.165, 1.54) is 12.8 Å². The summed E-state index contributed by atoms with van der Waals surface area (Å²) < 4.78 is 0.920. The predicted molar refractivity (Wildman–Crippen MR) is 79.2 cm³/mol. The van der Waals surface area contributed by atoms with Crippen LogP contribution < -0.4 is 11.1 Å². The molecule has 0 heterocycles. The van der Waals surface area contributed by atoms with Gasteiger partial charge in [-0.1, -0.05) is 22.0 Å². The lowest BCUT2D eigenvalue weighted by atomic mass is 10.1. The van der Waals surface area contributed by atoms with Crippen LogP contribution in [0.3, 0.4) is 0 Å². The fourth-order valence-corrected chi connectivity index (χ4v) is 2.31. The van der Waals surface area contributed by atoms with E-state index < -0.39 is 0 Å². The van der Waals surface area contributed by atoms with E-state index in [-0.39, 0.29) is 24.4 Å². The monoisotopic (exact) mass is 332 g/mol. The highest BCUT2D eigenvalue weighted by Gasteiger charge is 2.31. The van der Waals surface area contributed by atoms with Crippen LogP contribution in [0.4, 0.5) is 0 Å². The predicted octanol–water partition coefficient (Wildman–Crippen LogP) is 2.65. The smallest absolute Gasteiger partial charge is 0.251 e. The van der Waals surface area contributed by atoms with Gasteiger partial charge >= 0.3 is 0 Å². The molecule has 0 saturated heterocycles. The van der Waals surface area contributed by atoms with E-state index in [0.29, 0.717) is 12.5 Å². The quantitative estimate of drug-likeness (QED) is 0.890. The van der Waals surface area contributed by atoms with Gasteiger partial charge in [-0.2, -0.15) is 0 Å². The second kappa shape index (κ2) is 6.55. The fourth-order valence-electron chi connectivity index (χ4n) is 1.95. The van der Waals surface area contributed by atoms with E-state index in [1.807, 2.05) is 25.1 Å². The van der Waals surface area contributed by atoms with E-state index in [1.54, 1.807) is 0 Å². The highest BCUT2D eigenvalue weighted by atomic mass is 79.9. The van der Waals surface area contributed by atoms with Gasteiger partial charge in [-0.15, -0.1) is 12.4 Å². The van der Waals surface area contributed by atoms with Crippen LogP contribution in [0.1, 0.15) is 28.8 Å². The van der Waals surface area contributed by atoms with Crippen LogP contribution in [0.25, 0.3) is 0 Å². The Morgan fingerprint density at radius 2 is 2.22 bits per heavy atom. The molecule has 100 valence electrons. The Hall–Kier alpha value is -0.580. The number of carbonyl (C=O) groups excluding carboxylic acids is 1. The summed E-state index contributed by atoms with van der Waals surface area (Å²) in [7, 11) is 0. The number of carbonyl (C=O) groups is 1. The van der Waals surface area contributed by atoms with Gasteiger partial charge in [0.15, 0.2) is 0 Å². The standard InChI is InChI=1S/C13H17BrN2O.ClH/c1-8-2-5-10(14)6-11(8)13(17)16-12(7-15)9-3-4-9;/h2,5-6,9,12H,3-4,7,15H2,1H3,(H,16,17);1H. The molecule has 1 aromatic carbocycles. The summed E-state index contributed by atoms with van der Waals surface area (Å²) in [6, 6.07) is 5.85. The molecule has 1 amide bonds. The Bertz CT molecular complexity index is 435. The van der Waals surface area contributed by atoms with Crippen molar-refractivity contribution in [1.82, 2.24) is 5.32 Å². The van der Waals surface area contributed by atoms with Gasteiger partial charge in [0, 0.05) is 22.6 Å². The van der Waals surface area contributed by atoms with Crippen molar-refractivity contribution in [3.8, 4) is 0 Å². The summed E-state index contributed by atoms with van der Waals surface area (Å²) >= 11 is 3.38. The van der Waals surface area contributed by atoms with Crippen LogP contribution in [0.15, 0.2) is 22.7 Å². The van der Waals surface area contributed by atoms with Gasteiger partial charge in [-0.3, -0.25) is 4.79 Å². The molecule has 1 atom stereocenters. The molecular formula is C13H18BrClN2O. The largest absolute Gasteiger partial charge is 0.348 e. The number of rotatable bonds is 4. The summed E-state index contributed by atoms with van der Waals surface area (Å²) in [6.45, 7) is 2.46. The Labute approximate surface area is 122 Å². The van der Waals surface area contributed by atoms with Crippen LogP contribution in [-0.4, -0.2) is 18.5 Å². The Kier molecular flexibility index (Phi) is 5.63. The van der Waals surface area contributed by atoms with Crippen LogP contribution >= 0.6 is 28.3 Å². The number of hydrogen-bond acceptors (Lipinski definition) is 2. The molecule has 18 heavy (non-hydrogen) atoms. The first-order chi connectivity index (χ1) is 8.11. The summed E-state index contributed by atoms with van der Waals surface area (Å²) in [5.41, 5.74) is 7.39. The maximum absolute atomic E-state index is 12.1. The zero-order valence-electron chi connectivity index (χ0n) is 10.3. The molecule has 1 fully saturated rings. The average molecular weight is 334 g/mol. The zero-order chi connectivity index (χ0) is 12.4. The number of nitrogens with one attached hydrogen (secondary N) is 1. The number of benzene rings is 1. The first-order valence-corrected chi connectivity index (χ1v) is 6.68. The van der Waals surface area contributed by atoms with Gasteiger partial charge in [0.2, 0.25) is 0 Å². The van der Waals surface area contributed by atoms with Crippen molar-refractivity contribution in [3.05, 3.63) is 33.8 Å². The van der Waals surface area contributed by atoms with Crippen molar-refractivity contribution < 1.29 is 4.79 Å². The molecule has 2 rings (SSSR count). The lowest BCUT2D eigenvalue weighted by Crippen LogP contribution is -2.41. The molecule has 0 radical (unpaired) electrons. The van der Waals surface area contributed by atoms with Gasteiger partial charge in [0.25, 0.3) is 5.91 Å².